The normalized spacial score (nSPS) is 18.1. The van der Waals surface area contributed by atoms with E-state index in [1.165, 1.54) is 4.90 Å². The van der Waals surface area contributed by atoms with Crippen molar-refractivity contribution in [1.29, 1.82) is 0 Å². The summed E-state index contributed by atoms with van der Waals surface area (Å²) < 4.78 is 9.63. The Hall–Kier alpha value is -1.85. The van der Waals surface area contributed by atoms with E-state index in [1.54, 1.807) is 13.8 Å². The molecular weight excluding hydrogens is 250 g/mol. The Kier molecular flexibility index (Phi) is 8.24. The van der Waals surface area contributed by atoms with Crippen LogP contribution < -0.4 is 0 Å². The molecule has 0 radical (unpaired) electrons. The minimum absolute atomic E-state index is 0.0521. The van der Waals surface area contributed by atoms with Gasteiger partial charge in [-0.2, -0.15) is 0 Å². The monoisotopic (exact) mass is 271 g/mol. The van der Waals surface area contributed by atoms with E-state index in [1.807, 2.05) is 0 Å². The third-order valence-electron chi connectivity index (χ3n) is 2.52. The number of piperidine rings is 1. The first-order valence-electron chi connectivity index (χ1n) is 6.21. The fourth-order valence-corrected chi connectivity index (χ4v) is 1.66. The van der Waals surface area contributed by atoms with Gasteiger partial charge in [0.1, 0.15) is 5.92 Å². The van der Waals surface area contributed by atoms with Crippen molar-refractivity contribution in [3.63, 3.8) is 0 Å². The molecule has 0 N–H and O–H groups in total. The molecule has 1 amide bonds. The minimum atomic E-state index is -0.867. The second kappa shape index (κ2) is 9.13. The Labute approximate surface area is 113 Å². The van der Waals surface area contributed by atoms with Crippen molar-refractivity contribution < 1.29 is 23.9 Å². The number of carbonyl (C=O) groups is 3. The van der Waals surface area contributed by atoms with Crippen molar-refractivity contribution in [2.45, 2.75) is 20.3 Å². The van der Waals surface area contributed by atoms with Gasteiger partial charge in [-0.3, -0.25) is 9.59 Å². The molecule has 1 rings (SSSR count). The van der Waals surface area contributed by atoms with Gasteiger partial charge in [-0.15, -0.1) is 13.2 Å². The molecule has 108 valence electrons. The summed E-state index contributed by atoms with van der Waals surface area (Å²) in [6.07, 6.45) is -0.322. The summed E-state index contributed by atoms with van der Waals surface area (Å²) in [7, 11) is 0. The van der Waals surface area contributed by atoms with Crippen LogP contribution in [0.5, 0.6) is 0 Å². The molecule has 0 aliphatic carbocycles. The summed E-state index contributed by atoms with van der Waals surface area (Å²) in [5.41, 5.74) is 0. The van der Waals surface area contributed by atoms with E-state index in [2.05, 4.69) is 13.2 Å². The maximum absolute atomic E-state index is 11.6. The lowest BCUT2D eigenvalue weighted by Crippen LogP contribution is -2.47. The van der Waals surface area contributed by atoms with Crippen molar-refractivity contribution in [3.05, 3.63) is 13.2 Å². The maximum Gasteiger partial charge on any atom is 0.409 e. The summed E-state index contributed by atoms with van der Waals surface area (Å²) in [4.78, 5) is 35.9. The summed E-state index contributed by atoms with van der Waals surface area (Å²) in [5, 5.41) is 0. The molecular formula is C13H21NO5. The number of ether oxygens (including phenoxy) is 2. The largest absolute Gasteiger partial charge is 0.465 e. The van der Waals surface area contributed by atoms with Crippen LogP contribution in [-0.4, -0.2) is 49.0 Å². The highest BCUT2D eigenvalue weighted by molar-refractivity contribution is 6.00. The highest BCUT2D eigenvalue weighted by atomic mass is 16.6. The highest BCUT2D eigenvalue weighted by Gasteiger charge is 2.36. The lowest BCUT2D eigenvalue weighted by molar-refractivity contribution is -0.153. The van der Waals surface area contributed by atoms with Gasteiger partial charge in [-0.25, -0.2) is 4.79 Å². The van der Waals surface area contributed by atoms with Gasteiger partial charge in [0.2, 0.25) is 0 Å². The van der Waals surface area contributed by atoms with E-state index < -0.39 is 18.0 Å². The molecule has 1 aliphatic heterocycles. The minimum Gasteiger partial charge on any atom is -0.465 e. The highest BCUT2D eigenvalue weighted by Crippen LogP contribution is 2.15. The molecule has 1 atom stereocenters. The molecule has 6 nitrogen and oxygen atoms in total. The third-order valence-corrected chi connectivity index (χ3v) is 2.52. The van der Waals surface area contributed by atoms with Crippen molar-refractivity contribution in [1.82, 2.24) is 4.90 Å². The zero-order valence-corrected chi connectivity index (χ0v) is 11.5. The van der Waals surface area contributed by atoms with Gasteiger partial charge in [0.05, 0.1) is 13.2 Å². The molecule has 1 unspecified atom stereocenters. The van der Waals surface area contributed by atoms with E-state index in [9.17, 15) is 14.4 Å². The number of hydrogen-bond donors (Lipinski definition) is 0. The zero-order valence-electron chi connectivity index (χ0n) is 11.5. The average molecular weight is 271 g/mol. The van der Waals surface area contributed by atoms with Crippen LogP contribution in [0, 0.1) is 5.92 Å². The van der Waals surface area contributed by atoms with Crippen LogP contribution in [0.2, 0.25) is 0 Å². The molecule has 0 bridgehead atoms. The molecule has 6 heteroatoms. The number of amides is 1. The number of Topliss-reactive ketones (excluding diaryl/α,β-unsaturated/α-hetero) is 1. The fraction of sp³-hybridized carbons (Fsp3) is 0.615. The van der Waals surface area contributed by atoms with Crippen LogP contribution >= 0.6 is 0 Å². The van der Waals surface area contributed by atoms with E-state index in [0.29, 0.717) is 6.54 Å². The summed E-state index contributed by atoms with van der Waals surface area (Å²) in [6, 6.07) is 0. The molecule has 19 heavy (non-hydrogen) atoms. The first-order valence-corrected chi connectivity index (χ1v) is 6.21. The Morgan fingerprint density at radius 1 is 1.26 bits per heavy atom. The molecule has 1 fully saturated rings. The van der Waals surface area contributed by atoms with Crippen LogP contribution in [0.25, 0.3) is 0 Å². The quantitative estimate of drug-likeness (QED) is 0.441. The topological polar surface area (TPSA) is 72.9 Å². The van der Waals surface area contributed by atoms with Crippen molar-refractivity contribution in [2.24, 2.45) is 5.92 Å². The van der Waals surface area contributed by atoms with Gasteiger partial charge in [0.25, 0.3) is 0 Å². The smallest absolute Gasteiger partial charge is 0.409 e. The first-order chi connectivity index (χ1) is 9.10. The van der Waals surface area contributed by atoms with Gasteiger partial charge in [-0.1, -0.05) is 0 Å². The predicted molar refractivity (Wildman–Crippen MR) is 69.6 cm³/mol. The van der Waals surface area contributed by atoms with Crippen molar-refractivity contribution in [2.75, 3.05) is 26.3 Å². The molecule has 1 aliphatic rings. The van der Waals surface area contributed by atoms with Gasteiger partial charge >= 0.3 is 12.1 Å². The lowest BCUT2D eigenvalue weighted by atomic mass is 9.97. The lowest BCUT2D eigenvalue weighted by Gasteiger charge is -2.29. The molecule has 0 aromatic heterocycles. The summed E-state index contributed by atoms with van der Waals surface area (Å²) >= 11 is 0. The Balaban J connectivity index is 0.00000154. The number of ketones is 1. The van der Waals surface area contributed by atoms with Gasteiger partial charge < -0.3 is 14.4 Å². The second-order valence-electron chi connectivity index (χ2n) is 3.67. The van der Waals surface area contributed by atoms with E-state index >= 15 is 0 Å². The Morgan fingerprint density at radius 2 is 1.84 bits per heavy atom. The molecule has 0 spiro atoms. The molecule has 1 saturated heterocycles. The van der Waals surface area contributed by atoms with Crippen LogP contribution in [-0.2, 0) is 19.1 Å². The van der Waals surface area contributed by atoms with E-state index in [0.717, 1.165) is 0 Å². The predicted octanol–water partition coefficient (Wildman–Crippen LogP) is 1.40. The van der Waals surface area contributed by atoms with E-state index in [-0.39, 0.29) is 32.0 Å². The Bertz CT molecular complexity index is 329. The molecule has 0 saturated carbocycles. The number of carbonyl (C=O) groups excluding carboxylic acids is 3. The molecule has 0 aromatic rings. The SMILES string of the molecule is C=C.CCOC(=O)C1CN(C(=O)OCC)CCC1=O. The van der Waals surface area contributed by atoms with Crippen LogP contribution in [0.15, 0.2) is 13.2 Å². The van der Waals surface area contributed by atoms with Crippen LogP contribution in [0.3, 0.4) is 0 Å². The Morgan fingerprint density at radius 3 is 2.37 bits per heavy atom. The maximum atomic E-state index is 11.6. The average Bonchev–Trinajstić information content (AvgIpc) is 2.42. The fourth-order valence-electron chi connectivity index (χ4n) is 1.66. The van der Waals surface area contributed by atoms with Gasteiger partial charge in [0.15, 0.2) is 5.78 Å². The number of esters is 1. The van der Waals surface area contributed by atoms with Crippen molar-refractivity contribution in [3.8, 4) is 0 Å². The number of likely N-dealkylation sites (tertiary alicyclic amines) is 1. The van der Waals surface area contributed by atoms with Crippen molar-refractivity contribution >= 4 is 17.8 Å². The standard InChI is InChI=1S/C11H17NO5.C2H4/c1-3-16-10(14)8-7-12(6-5-9(8)13)11(15)17-4-2;1-2/h8H,3-7H2,1-2H3;1-2H2. The second-order valence-corrected chi connectivity index (χ2v) is 3.67. The first kappa shape index (κ1) is 17.2. The van der Waals surface area contributed by atoms with Crippen LogP contribution in [0.1, 0.15) is 20.3 Å². The number of hydrogen-bond acceptors (Lipinski definition) is 5. The van der Waals surface area contributed by atoms with Crippen LogP contribution in [0.4, 0.5) is 4.79 Å². The summed E-state index contributed by atoms with van der Waals surface area (Å²) in [6.45, 7) is 10.2. The van der Waals surface area contributed by atoms with E-state index in [4.69, 9.17) is 9.47 Å². The molecule has 1 heterocycles. The summed E-state index contributed by atoms with van der Waals surface area (Å²) in [5.74, 6) is -1.61. The molecule has 0 aromatic carbocycles. The van der Waals surface area contributed by atoms with Gasteiger partial charge in [-0.05, 0) is 13.8 Å². The third kappa shape index (κ3) is 5.11. The number of nitrogens with zero attached hydrogens (tertiary/aromatic N) is 1. The number of rotatable bonds is 3. The zero-order chi connectivity index (χ0) is 14.8. The van der Waals surface area contributed by atoms with Gasteiger partial charge in [0, 0.05) is 19.5 Å².